The SMILES string of the molecule is CCCCCOc1ccc2c(c1)CC(CNCC(O)c1cccc(Cl)c1)C2. The molecule has 1 aliphatic carbocycles. The minimum Gasteiger partial charge on any atom is -0.494 e. The molecule has 0 bridgehead atoms. The van der Waals surface area contributed by atoms with Gasteiger partial charge in [0.05, 0.1) is 12.7 Å². The molecule has 0 heterocycles. The predicted molar refractivity (Wildman–Crippen MR) is 112 cm³/mol. The standard InChI is InChI=1S/C23H30ClNO2/c1-2-3-4-10-27-22-9-8-18-11-17(12-20(18)14-22)15-25-16-23(26)19-6-5-7-21(24)13-19/h5-9,13-14,17,23,25-26H,2-4,10-12,15-16H2,1H3. The van der Waals surface area contributed by atoms with Gasteiger partial charge in [-0.15, -0.1) is 0 Å². The van der Waals surface area contributed by atoms with Crippen molar-refractivity contribution in [3.05, 3.63) is 64.2 Å². The van der Waals surface area contributed by atoms with Crippen LogP contribution in [0.2, 0.25) is 5.02 Å². The van der Waals surface area contributed by atoms with E-state index >= 15 is 0 Å². The van der Waals surface area contributed by atoms with Crippen LogP contribution >= 0.6 is 11.6 Å². The number of hydrogen-bond acceptors (Lipinski definition) is 3. The quantitative estimate of drug-likeness (QED) is 0.567. The van der Waals surface area contributed by atoms with E-state index in [1.54, 1.807) is 0 Å². The maximum absolute atomic E-state index is 10.3. The second kappa shape index (κ2) is 10.1. The molecule has 0 amide bonds. The minimum atomic E-state index is -0.532. The van der Waals surface area contributed by atoms with Gasteiger partial charge in [0.25, 0.3) is 0 Å². The maximum Gasteiger partial charge on any atom is 0.119 e. The summed E-state index contributed by atoms with van der Waals surface area (Å²) >= 11 is 6.00. The predicted octanol–water partition coefficient (Wildman–Crippen LogP) is 4.95. The molecule has 2 atom stereocenters. The van der Waals surface area contributed by atoms with E-state index in [9.17, 15) is 5.11 Å². The summed E-state index contributed by atoms with van der Waals surface area (Å²) in [6.45, 7) is 4.45. The number of rotatable bonds is 10. The monoisotopic (exact) mass is 387 g/mol. The van der Waals surface area contributed by atoms with Gasteiger partial charge in [-0.05, 0) is 72.7 Å². The molecule has 2 N–H and O–H groups in total. The third kappa shape index (κ3) is 5.97. The summed E-state index contributed by atoms with van der Waals surface area (Å²) in [5, 5.41) is 14.4. The van der Waals surface area contributed by atoms with Gasteiger partial charge < -0.3 is 15.2 Å². The number of unbranched alkanes of at least 4 members (excludes halogenated alkanes) is 2. The van der Waals surface area contributed by atoms with Crippen LogP contribution in [0.15, 0.2) is 42.5 Å². The van der Waals surface area contributed by atoms with E-state index in [1.807, 2.05) is 24.3 Å². The average Bonchev–Trinajstić information content (AvgIpc) is 3.07. The number of aliphatic hydroxyl groups is 1. The molecule has 2 aromatic rings. The summed E-state index contributed by atoms with van der Waals surface area (Å²) in [7, 11) is 0. The molecule has 146 valence electrons. The van der Waals surface area contributed by atoms with Crippen molar-refractivity contribution in [3.63, 3.8) is 0 Å². The summed E-state index contributed by atoms with van der Waals surface area (Å²) in [6.07, 6.45) is 5.19. The lowest BCUT2D eigenvalue weighted by Gasteiger charge is -2.15. The third-order valence-corrected chi connectivity index (χ3v) is 5.45. The van der Waals surface area contributed by atoms with Gasteiger partial charge in [-0.3, -0.25) is 0 Å². The fourth-order valence-corrected chi connectivity index (χ4v) is 3.92. The Morgan fingerprint density at radius 3 is 2.81 bits per heavy atom. The lowest BCUT2D eigenvalue weighted by atomic mass is 10.1. The third-order valence-electron chi connectivity index (χ3n) is 5.22. The Kier molecular flexibility index (Phi) is 7.57. The van der Waals surface area contributed by atoms with Crippen LogP contribution in [0.5, 0.6) is 5.75 Å². The van der Waals surface area contributed by atoms with Gasteiger partial charge in [-0.1, -0.05) is 49.6 Å². The Hall–Kier alpha value is -1.55. The van der Waals surface area contributed by atoms with Crippen LogP contribution in [0.4, 0.5) is 0 Å². The van der Waals surface area contributed by atoms with Gasteiger partial charge in [0.2, 0.25) is 0 Å². The zero-order valence-corrected chi connectivity index (χ0v) is 16.8. The van der Waals surface area contributed by atoms with E-state index in [0.29, 0.717) is 17.5 Å². The molecule has 0 saturated carbocycles. The zero-order valence-electron chi connectivity index (χ0n) is 16.1. The summed E-state index contributed by atoms with van der Waals surface area (Å²) < 4.78 is 5.88. The molecule has 0 radical (unpaired) electrons. The van der Waals surface area contributed by atoms with Crippen LogP contribution in [0.1, 0.15) is 49.0 Å². The molecular weight excluding hydrogens is 358 g/mol. The van der Waals surface area contributed by atoms with Crippen molar-refractivity contribution in [2.24, 2.45) is 5.92 Å². The zero-order chi connectivity index (χ0) is 19.1. The molecular formula is C23H30ClNO2. The molecule has 0 fully saturated rings. The number of aliphatic hydroxyl groups excluding tert-OH is 1. The van der Waals surface area contributed by atoms with Crippen LogP contribution in [-0.2, 0) is 12.8 Å². The fraction of sp³-hybridized carbons (Fsp3) is 0.478. The van der Waals surface area contributed by atoms with Crippen LogP contribution in [0, 0.1) is 5.92 Å². The Morgan fingerprint density at radius 1 is 1.15 bits per heavy atom. The average molecular weight is 388 g/mol. The summed E-state index contributed by atoms with van der Waals surface area (Å²) in [4.78, 5) is 0. The number of benzene rings is 2. The number of ether oxygens (including phenoxy) is 1. The summed E-state index contributed by atoms with van der Waals surface area (Å²) in [5.74, 6) is 1.57. The first kappa shape index (κ1) is 20.2. The Labute approximate surface area is 167 Å². The Bertz CT molecular complexity index is 734. The second-order valence-electron chi connectivity index (χ2n) is 7.49. The highest BCUT2D eigenvalue weighted by Gasteiger charge is 2.22. The van der Waals surface area contributed by atoms with Gasteiger partial charge in [0, 0.05) is 11.6 Å². The van der Waals surface area contributed by atoms with Gasteiger partial charge in [-0.25, -0.2) is 0 Å². The lowest BCUT2D eigenvalue weighted by molar-refractivity contribution is 0.173. The van der Waals surface area contributed by atoms with E-state index in [4.69, 9.17) is 16.3 Å². The molecule has 0 aromatic heterocycles. The van der Waals surface area contributed by atoms with E-state index in [1.165, 1.54) is 24.0 Å². The second-order valence-corrected chi connectivity index (χ2v) is 7.93. The van der Waals surface area contributed by atoms with E-state index in [2.05, 4.69) is 30.4 Å². The number of nitrogens with one attached hydrogen (secondary N) is 1. The highest BCUT2D eigenvalue weighted by atomic mass is 35.5. The van der Waals surface area contributed by atoms with E-state index in [0.717, 1.165) is 43.7 Å². The normalized spacial score (nSPS) is 16.9. The molecule has 1 aliphatic rings. The highest BCUT2D eigenvalue weighted by molar-refractivity contribution is 6.30. The highest BCUT2D eigenvalue weighted by Crippen LogP contribution is 2.30. The molecule has 0 spiro atoms. The fourth-order valence-electron chi connectivity index (χ4n) is 3.72. The molecule has 4 heteroatoms. The first-order chi connectivity index (χ1) is 13.2. The minimum absolute atomic E-state index is 0.532. The molecule has 0 aliphatic heterocycles. The van der Waals surface area contributed by atoms with Crippen LogP contribution < -0.4 is 10.1 Å². The van der Waals surface area contributed by atoms with Gasteiger partial charge in [0.1, 0.15) is 5.75 Å². The molecule has 3 nitrogen and oxygen atoms in total. The van der Waals surface area contributed by atoms with Crippen LogP contribution in [-0.4, -0.2) is 24.8 Å². The Morgan fingerprint density at radius 2 is 2.00 bits per heavy atom. The van der Waals surface area contributed by atoms with Crippen LogP contribution in [0.3, 0.4) is 0 Å². The maximum atomic E-state index is 10.3. The van der Waals surface area contributed by atoms with Crippen molar-refractivity contribution in [1.82, 2.24) is 5.32 Å². The Balaban J connectivity index is 1.43. The van der Waals surface area contributed by atoms with Crippen molar-refractivity contribution in [1.29, 1.82) is 0 Å². The topological polar surface area (TPSA) is 41.5 Å². The summed E-state index contributed by atoms with van der Waals surface area (Å²) in [6, 6.07) is 13.9. The summed E-state index contributed by atoms with van der Waals surface area (Å²) in [5.41, 5.74) is 3.69. The van der Waals surface area contributed by atoms with E-state index < -0.39 is 6.10 Å². The van der Waals surface area contributed by atoms with Crippen molar-refractivity contribution in [2.75, 3.05) is 19.7 Å². The molecule has 3 rings (SSSR count). The number of fused-ring (bicyclic) bond motifs is 1. The molecule has 2 unspecified atom stereocenters. The van der Waals surface area contributed by atoms with Gasteiger partial charge in [-0.2, -0.15) is 0 Å². The van der Waals surface area contributed by atoms with Crippen LogP contribution in [0.25, 0.3) is 0 Å². The first-order valence-electron chi connectivity index (χ1n) is 10.0. The molecule has 27 heavy (non-hydrogen) atoms. The van der Waals surface area contributed by atoms with Crippen molar-refractivity contribution < 1.29 is 9.84 Å². The number of halogens is 1. The van der Waals surface area contributed by atoms with Crippen molar-refractivity contribution in [3.8, 4) is 5.75 Å². The molecule has 0 saturated heterocycles. The lowest BCUT2D eigenvalue weighted by Crippen LogP contribution is -2.27. The van der Waals surface area contributed by atoms with Crippen molar-refractivity contribution in [2.45, 2.75) is 45.1 Å². The first-order valence-corrected chi connectivity index (χ1v) is 10.4. The van der Waals surface area contributed by atoms with E-state index in [-0.39, 0.29) is 0 Å². The smallest absolute Gasteiger partial charge is 0.119 e. The van der Waals surface area contributed by atoms with Gasteiger partial charge >= 0.3 is 0 Å². The largest absolute Gasteiger partial charge is 0.494 e. The van der Waals surface area contributed by atoms with Gasteiger partial charge in [0.15, 0.2) is 0 Å². The van der Waals surface area contributed by atoms with Crippen molar-refractivity contribution >= 4 is 11.6 Å². The molecule has 2 aromatic carbocycles. The number of hydrogen-bond donors (Lipinski definition) is 2.